The van der Waals surface area contributed by atoms with Crippen molar-refractivity contribution in [3.63, 3.8) is 0 Å². The van der Waals surface area contributed by atoms with Crippen LogP contribution in [-0.4, -0.2) is 14.8 Å². The number of aryl methyl sites for hydroxylation is 1. The van der Waals surface area contributed by atoms with Gasteiger partial charge in [-0.1, -0.05) is 116 Å². The fraction of sp³-hybridized carbons (Fsp3) is 0.111. The van der Waals surface area contributed by atoms with Gasteiger partial charge in [-0.3, -0.25) is 4.98 Å². The van der Waals surface area contributed by atoms with E-state index in [9.17, 15) is 0 Å². The van der Waals surface area contributed by atoms with Crippen LogP contribution in [0.2, 0.25) is 0 Å². The summed E-state index contributed by atoms with van der Waals surface area (Å²) in [7, 11) is 0. The van der Waals surface area contributed by atoms with Gasteiger partial charge in [-0.2, -0.15) is 5.10 Å². The minimum Gasteiger partial charge on any atom is -0.256 e. The van der Waals surface area contributed by atoms with E-state index >= 15 is 0 Å². The maximum absolute atomic E-state index is 4.89. The smallest absolute Gasteiger partial charge is 0.0862 e. The number of rotatable bonds is 7. The number of aromatic nitrogens is 3. The van der Waals surface area contributed by atoms with E-state index in [2.05, 4.69) is 103 Å². The topological polar surface area (TPSA) is 30.7 Å². The van der Waals surface area contributed by atoms with Gasteiger partial charge < -0.3 is 0 Å². The van der Waals surface area contributed by atoms with E-state index in [-0.39, 0.29) is 0 Å². The number of benzene rings is 4. The lowest BCUT2D eigenvalue weighted by molar-refractivity contribution is 0.794. The van der Waals surface area contributed by atoms with Gasteiger partial charge in [0.15, 0.2) is 0 Å². The van der Waals surface area contributed by atoms with Crippen molar-refractivity contribution in [2.24, 2.45) is 0 Å². The Labute approximate surface area is 231 Å². The second-order valence-electron chi connectivity index (χ2n) is 9.44. The average molecular weight is 508 g/mol. The number of hydrogen-bond acceptors (Lipinski definition) is 2. The van der Waals surface area contributed by atoms with Gasteiger partial charge in [0.1, 0.15) is 0 Å². The van der Waals surface area contributed by atoms with Crippen molar-refractivity contribution in [2.75, 3.05) is 0 Å². The second-order valence-corrected chi connectivity index (χ2v) is 9.44. The Bertz CT molecular complexity index is 1550. The molecule has 6 aromatic rings. The van der Waals surface area contributed by atoms with Crippen molar-refractivity contribution in [1.82, 2.24) is 14.8 Å². The molecule has 0 N–H and O–H groups in total. The normalized spacial score (nSPS) is 10.9. The molecule has 0 unspecified atom stereocenters. The molecule has 0 atom stereocenters. The zero-order valence-electron chi connectivity index (χ0n) is 22.3. The Hall–Kier alpha value is -4.76. The maximum atomic E-state index is 4.89. The number of hydrogen-bond donors (Lipinski definition) is 0. The molecule has 2 heterocycles. The fourth-order valence-corrected chi connectivity index (χ4v) is 4.44. The van der Waals surface area contributed by atoms with Crippen LogP contribution in [0.3, 0.4) is 0 Å². The van der Waals surface area contributed by atoms with Crippen molar-refractivity contribution in [3.05, 3.63) is 150 Å². The van der Waals surface area contributed by atoms with E-state index in [1.54, 1.807) is 0 Å². The molecular formula is C36H33N3. The third-order valence-electron chi connectivity index (χ3n) is 6.56. The molecule has 0 spiro atoms. The summed E-state index contributed by atoms with van der Waals surface area (Å²) in [4.78, 5) is 4.18. The highest BCUT2D eigenvalue weighted by molar-refractivity contribution is 5.77. The molecule has 0 aliphatic carbocycles. The Morgan fingerprint density at radius 1 is 0.692 bits per heavy atom. The standard InChI is InChI=1S/C27H26N2.C9H7N/c1-2-3-10-23-16-19-26(20-17-23)29-27(24-13-8-5-9-14-24)21-25(28-29)18-15-22-11-6-4-7-12-22;1-2-6-9-8(4-1)5-3-7-10-9/h4-9,11-21H,2-3,10H2,1H3;1-7H. The van der Waals surface area contributed by atoms with Crippen molar-refractivity contribution in [1.29, 1.82) is 0 Å². The molecule has 0 aliphatic heterocycles. The van der Waals surface area contributed by atoms with Gasteiger partial charge in [-0.25, -0.2) is 4.68 Å². The molecule has 6 rings (SSSR count). The molecule has 3 heteroatoms. The van der Waals surface area contributed by atoms with Crippen molar-refractivity contribution in [3.8, 4) is 16.9 Å². The van der Waals surface area contributed by atoms with Gasteiger partial charge in [0.05, 0.1) is 22.6 Å². The zero-order chi connectivity index (χ0) is 26.7. The van der Waals surface area contributed by atoms with Gasteiger partial charge >= 0.3 is 0 Å². The van der Waals surface area contributed by atoms with Crippen LogP contribution in [0.5, 0.6) is 0 Å². The van der Waals surface area contributed by atoms with Gasteiger partial charge in [0, 0.05) is 17.1 Å². The maximum Gasteiger partial charge on any atom is 0.0862 e. The van der Waals surface area contributed by atoms with Crippen LogP contribution in [0.1, 0.15) is 36.6 Å². The van der Waals surface area contributed by atoms with Crippen LogP contribution in [0, 0.1) is 0 Å². The average Bonchev–Trinajstić information content (AvgIpc) is 3.45. The molecule has 192 valence electrons. The van der Waals surface area contributed by atoms with Crippen LogP contribution < -0.4 is 0 Å². The first-order valence-electron chi connectivity index (χ1n) is 13.6. The molecule has 0 saturated heterocycles. The third-order valence-corrected chi connectivity index (χ3v) is 6.56. The van der Waals surface area contributed by atoms with Gasteiger partial charge in [0.25, 0.3) is 0 Å². The van der Waals surface area contributed by atoms with Crippen molar-refractivity contribution in [2.45, 2.75) is 26.2 Å². The number of pyridine rings is 1. The molecule has 0 bridgehead atoms. The largest absolute Gasteiger partial charge is 0.256 e. The fourth-order valence-electron chi connectivity index (χ4n) is 4.44. The molecule has 2 aromatic heterocycles. The molecule has 3 nitrogen and oxygen atoms in total. The summed E-state index contributed by atoms with van der Waals surface area (Å²) in [5.74, 6) is 0. The summed E-state index contributed by atoms with van der Waals surface area (Å²) >= 11 is 0. The van der Waals surface area contributed by atoms with Crippen LogP contribution in [0.4, 0.5) is 0 Å². The van der Waals surface area contributed by atoms with E-state index in [0.29, 0.717) is 0 Å². The van der Waals surface area contributed by atoms with Crippen LogP contribution >= 0.6 is 0 Å². The zero-order valence-corrected chi connectivity index (χ0v) is 22.3. The van der Waals surface area contributed by atoms with E-state index < -0.39 is 0 Å². The molecule has 39 heavy (non-hydrogen) atoms. The molecule has 4 aromatic carbocycles. The summed E-state index contributed by atoms with van der Waals surface area (Å²) in [6, 6.07) is 43.8. The summed E-state index contributed by atoms with van der Waals surface area (Å²) in [5, 5.41) is 6.09. The number of nitrogens with zero attached hydrogens (tertiary/aromatic N) is 3. The minimum atomic E-state index is 0.947. The quantitative estimate of drug-likeness (QED) is 0.215. The van der Waals surface area contributed by atoms with Crippen LogP contribution in [0.25, 0.3) is 40.0 Å². The molecular weight excluding hydrogens is 474 g/mol. The monoisotopic (exact) mass is 507 g/mol. The molecule has 0 amide bonds. The van der Waals surface area contributed by atoms with E-state index in [4.69, 9.17) is 5.10 Å². The highest BCUT2D eigenvalue weighted by Crippen LogP contribution is 2.25. The molecule has 0 radical (unpaired) electrons. The third kappa shape index (κ3) is 6.97. The second kappa shape index (κ2) is 13.2. The summed E-state index contributed by atoms with van der Waals surface area (Å²) in [6.07, 6.45) is 9.57. The van der Waals surface area contributed by atoms with Gasteiger partial charge in [-0.15, -0.1) is 0 Å². The highest BCUT2D eigenvalue weighted by Gasteiger charge is 2.10. The minimum absolute atomic E-state index is 0.947. The van der Waals surface area contributed by atoms with Crippen molar-refractivity contribution >= 4 is 23.1 Å². The first-order valence-corrected chi connectivity index (χ1v) is 13.6. The van der Waals surface area contributed by atoms with Crippen LogP contribution in [0.15, 0.2) is 134 Å². The van der Waals surface area contributed by atoms with Gasteiger partial charge in [0.2, 0.25) is 0 Å². The Morgan fingerprint density at radius 2 is 1.38 bits per heavy atom. The summed E-state index contributed by atoms with van der Waals surface area (Å²) < 4.78 is 2.05. The molecule has 0 fully saturated rings. The summed E-state index contributed by atoms with van der Waals surface area (Å²) in [6.45, 7) is 2.23. The lowest BCUT2D eigenvalue weighted by Crippen LogP contribution is -1.99. The van der Waals surface area contributed by atoms with Crippen LogP contribution in [-0.2, 0) is 6.42 Å². The van der Waals surface area contributed by atoms with Crippen molar-refractivity contribution < 1.29 is 0 Å². The summed E-state index contributed by atoms with van der Waals surface area (Å²) in [5.41, 5.74) is 7.90. The molecule has 0 saturated carbocycles. The Kier molecular flexibility index (Phi) is 8.73. The van der Waals surface area contributed by atoms with E-state index in [1.807, 2.05) is 59.4 Å². The lowest BCUT2D eigenvalue weighted by atomic mass is 10.1. The number of fused-ring (bicyclic) bond motifs is 1. The molecule has 0 aliphatic rings. The predicted molar refractivity (Wildman–Crippen MR) is 165 cm³/mol. The number of para-hydroxylation sites is 1. The predicted octanol–water partition coefficient (Wildman–Crippen LogP) is 9.29. The Morgan fingerprint density at radius 3 is 2.13 bits per heavy atom. The first-order chi connectivity index (χ1) is 19.3. The highest BCUT2D eigenvalue weighted by atomic mass is 15.3. The SMILES string of the molecule is CCCCc1ccc(-n2nc(C=Cc3ccccc3)cc2-c2ccccc2)cc1.c1ccc2ncccc2c1. The Balaban J connectivity index is 0.000000257. The van der Waals surface area contributed by atoms with E-state index in [0.717, 1.165) is 34.6 Å². The van der Waals surface area contributed by atoms with E-state index in [1.165, 1.54) is 29.4 Å². The first kappa shape index (κ1) is 25.9. The lowest BCUT2D eigenvalue weighted by Gasteiger charge is -2.08. The number of unbranched alkanes of at least 4 members (excludes halogenated alkanes) is 1. The van der Waals surface area contributed by atoms with Gasteiger partial charge in [-0.05, 0) is 60.4 Å².